The lowest BCUT2D eigenvalue weighted by atomic mass is 10.00. The van der Waals surface area contributed by atoms with E-state index in [4.69, 9.17) is 23.7 Å². The smallest absolute Gasteiger partial charge is 0.228 e. The van der Waals surface area contributed by atoms with Crippen LogP contribution < -0.4 is 14.2 Å². The maximum atomic E-state index is 10.3. The summed E-state index contributed by atoms with van der Waals surface area (Å²) in [7, 11) is 2.72. The number of methoxy groups -OCH3 is 2. The molecule has 1 unspecified atom stereocenters. The highest BCUT2D eigenvalue weighted by Crippen LogP contribution is 2.47. The first-order valence-electron chi connectivity index (χ1n) is 9.95. The summed E-state index contributed by atoms with van der Waals surface area (Å²) >= 11 is 0. The molecule has 2 aromatic rings. The highest BCUT2D eigenvalue weighted by Gasteiger charge is 2.41. The van der Waals surface area contributed by atoms with Crippen LogP contribution in [0.3, 0.4) is 0 Å². The van der Waals surface area contributed by atoms with Crippen LogP contribution in [0.25, 0.3) is 6.08 Å². The van der Waals surface area contributed by atoms with Gasteiger partial charge in [0.05, 0.1) is 26.4 Å². The molecule has 1 fully saturated rings. The minimum atomic E-state index is -1.57. The number of hydrogen-bond donors (Lipinski definition) is 6. The topological polar surface area (TPSA) is 168 Å². The summed E-state index contributed by atoms with van der Waals surface area (Å²) in [6, 6.07) is 5.37. The molecule has 5 atom stereocenters. The molecule has 2 aliphatic heterocycles. The van der Waals surface area contributed by atoms with Crippen LogP contribution in [0.4, 0.5) is 0 Å². The van der Waals surface area contributed by atoms with E-state index in [1.165, 1.54) is 38.5 Å². The molecular weight excluding hydrogens is 440 g/mol. The molecule has 0 spiro atoms. The molecule has 0 aliphatic carbocycles. The van der Waals surface area contributed by atoms with Gasteiger partial charge in [-0.15, -0.1) is 0 Å². The molecule has 178 valence electrons. The molecule has 0 amide bonds. The van der Waals surface area contributed by atoms with Gasteiger partial charge in [0.2, 0.25) is 12.0 Å². The zero-order valence-corrected chi connectivity index (χ0v) is 17.7. The van der Waals surface area contributed by atoms with Crippen molar-refractivity contribution in [2.45, 2.75) is 30.7 Å². The van der Waals surface area contributed by atoms with Gasteiger partial charge in [0.25, 0.3) is 0 Å². The Hall–Kier alpha value is -3.38. The first-order chi connectivity index (χ1) is 15.7. The van der Waals surface area contributed by atoms with Crippen LogP contribution in [-0.2, 0) is 9.47 Å². The number of benzene rings is 2. The number of aromatic hydroxyl groups is 3. The van der Waals surface area contributed by atoms with Crippen molar-refractivity contribution in [2.75, 3.05) is 20.8 Å². The van der Waals surface area contributed by atoms with Gasteiger partial charge in [0, 0.05) is 17.7 Å². The number of ether oxygens (including phenoxy) is 5. The molecule has 6 N–H and O–H groups in total. The van der Waals surface area contributed by atoms with Gasteiger partial charge in [0.1, 0.15) is 41.3 Å². The van der Waals surface area contributed by atoms with Crippen molar-refractivity contribution < 1.29 is 54.3 Å². The summed E-state index contributed by atoms with van der Waals surface area (Å²) in [5.74, 6) is -0.376. The van der Waals surface area contributed by atoms with Crippen LogP contribution >= 0.6 is 0 Å². The summed E-state index contributed by atoms with van der Waals surface area (Å²) in [5.41, 5.74) is 0.592. The molecule has 1 saturated heterocycles. The van der Waals surface area contributed by atoms with Crippen molar-refractivity contribution >= 4 is 6.08 Å². The molecule has 11 nitrogen and oxygen atoms in total. The second-order valence-electron chi connectivity index (χ2n) is 7.56. The fourth-order valence-electron chi connectivity index (χ4n) is 3.65. The number of aliphatic hydroxyl groups excluding tert-OH is 3. The Kier molecular flexibility index (Phi) is 6.13. The van der Waals surface area contributed by atoms with Crippen molar-refractivity contribution in [1.82, 2.24) is 0 Å². The summed E-state index contributed by atoms with van der Waals surface area (Å²) in [5, 5.41) is 60.4. The second kappa shape index (κ2) is 8.87. The van der Waals surface area contributed by atoms with E-state index in [1.54, 1.807) is 0 Å². The fourth-order valence-corrected chi connectivity index (χ4v) is 3.65. The first-order valence-corrected chi connectivity index (χ1v) is 9.95. The van der Waals surface area contributed by atoms with Crippen molar-refractivity contribution in [3.8, 4) is 34.5 Å². The van der Waals surface area contributed by atoms with E-state index >= 15 is 0 Å². The zero-order valence-electron chi connectivity index (χ0n) is 17.7. The molecule has 11 heteroatoms. The van der Waals surface area contributed by atoms with Gasteiger partial charge < -0.3 is 54.3 Å². The van der Waals surface area contributed by atoms with Crippen LogP contribution in [0.2, 0.25) is 0 Å². The summed E-state index contributed by atoms with van der Waals surface area (Å²) in [6.07, 6.45) is -5.32. The minimum Gasteiger partial charge on any atom is -0.508 e. The van der Waals surface area contributed by atoms with Crippen LogP contribution in [0.1, 0.15) is 17.2 Å². The van der Waals surface area contributed by atoms with Crippen molar-refractivity contribution in [3.63, 3.8) is 0 Å². The van der Waals surface area contributed by atoms with Gasteiger partial charge in [-0.3, -0.25) is 0 Å². The molecule has 33 heavy (non-hydrogen) atoms. The van der Waals surface area contributed by atoms with Crippen LogP contribution in [0.15, 0.2) is 30.0 Å². The molecule has 4 rings (SSSR count). The molecule has 2 heterocycles. The van der Waals surface area contributed by atoms with Crippen LogP contribution in [-0.4, -0.2) is 76.1 Å². The summed E-state index contributed by atoms with van der Waals surface area (Å²) in [6.45, 7) is -0.280. The molecule has 0 saturated carbocycles. The number of phenols is 3. The lowest BCUT2D eigenvalue weighted by Crippen LogP contribution is -2.53. The van der Waals surface area contributed by atoms with Gasteiger partial charge in [-0.05, 0) is 18.2 Å². The molecule has 0 bridgehead atoms. The maximum absolute atomic E-state index is 10.3. The minimum absolute atomic E-state index is 0.0610. The van der Waals surface area contributed by atoms with E-state index in [2.05, 4.69) is 0 Å². The molecule has 2 aromatic carbocycles. The summed E-state index contributed by atoms with van der Waals surface area (Å²) < 4.78 is 27.6. The Morgan fingerprint density at radius 2 is 1.58 bits per heavy atom. The maximum Gasteiger partial charge on any atom is 0.228 e. The van der Waals surface area contributed by atoms with Crippen molar-refractivity contribution in [3.05, 3.63) is 41.2 Å². The Labute approximate surface area is 188 Å². The second-order valence-corrected chi connectivity index (χ2v) is 7.56. The standard InChI is InChI=1S/C22H24O11/c1-29-15-3-9(4-16(30-2)19(15)27)21-17(33-22-20(28)18(26)13(25)8-31-22)7-11-12(24)5-10(23)6-14(11)32-21/h3-7,13,18,20-28H,8H2,1-2H3/t13-,18+,20-,21?,22+/m1/s1. The molecular formula is C22H24O11. The van der Waals surface area contributed by atoms with E-state index in [-0.39, 0.29) is 52.4 Å². The van der Waals surface area contributed by atoms with Gasteiger partial charge in [-0.2, -0.15) is 0 Å². The number of hydrogen-bond acceptors (Lipinski definition) is 11. The fraction of sp³-hybridized carbons (Fsp3) is 0.364. The lowest BCUT2D eigenvalue weighted by Gasteiger charge is -2.37. The Morgan fingerprint density at radius 3 is 2.21 bits per heavy atom. The van der Waals surface area contributed by atoms with Gasteiger partial charge in [0.15, 0.2) is 17.6 Å². The van der Waals surface area contributed by atoms with Gasteiger partial charge >= 0.3 is 0 Å². The van der Waals surface area contributed by atoms with Crippen molar-refractivity contribution in [2.24, 2.45) is 0 Å². The highest BCUT2D eigenvalue weighted by molar-refractivity contribution is 5.70. The molecule has 0 aromatic heterocycles. The quantitative estimate of drug-likeness (QED) is 0.369. The Bertz CT molecular complexity index is 1040. The normalized spacial score (nSPS) is 26.6. The third kappa shape index (κ3) is 4.18. The van der Waals surface area contributed by atoms with Crippen LogP contribution in [0.5, 0.6) is 34.5 Å². The number of aliphatic hydroxyl groups is 3. The number of fused-ring (bicyclic) bond motifs is 1. The summed E-state index contributed by atoms with van der Waals surface area (Å²) in [4.78, 5) is 0. The van der Waals surface area contributed by atoms with E-state index in [9.17, 15) is 30.6 Å². The first kappa shape index (κ1) is 22.8. The van der Waals surface area contributed by atoms with Crippen LogP contribution in [0, 0.1) is 0 Å². The average Bonchev–Trinajstić information content (AvgIpc) is 2.79. The zero-order chi connectivity index (χ0) is 23.9. The Balaban J connectivity index is 1.78. The van der Waals surface area contributed by atoms with Crippen molar-refractivity contribution in [1.29, 1.82) is 0 Å². The van der Waals surface area contributed by atoms with E-state index in [0.29, 0.717) is 5.56 Å². The molecule has 0 radical (unpaired) electrons. The van der Waals surface area contributed by atoms with E-state index in [1.807, 2.05) is 0 Å². The third-order valence-electron chi connectivity index (χ3n) is 5.41. The predicted octanol–water partition coefficient (Wildman–Crippen LogP) is 0.751. The van der Waals surface area contributed by atoms with Gasteiger partial charge in [-0.25, -0.2) is 0 Å². The predicted molar refractivity (Wildman–Crippen MR) is 111 cm³/mol. The number of rotatable bonds is 5. The third-order valence-corrected chi connectivity index (χ3v) is 5.41. The number of phenolic OH excluding ortho intramolecular Hbond substituents is 3. The SMILES string of the molecule is COc1cc(C2Oc3cc(O)cc(O)c3C=C2O[C@@H]2OC[C@@H](O)[C@H](O)[C@H]2O)cc(OC)c1O. The average molecular weight is 464 g/mol. The monoisotopic (exact) mass is 464 g/mol. The van der Waals surface area contributed by atoms with E-state index in [0.717, 1.165) is 6.07 Å². The van der Waals surface area contributed by atoms with Gasteiger partial charge in [-0.1, -0.05) is 0 Å². The lowest BCUT2D eigenvalue weighted by molar-refractivity contribution is -0.261. The van der Waals surface area contributed by atoms with E-state index < -0.39 is 30.7 Å². The highest BCUT2D eigenvalue weighted by atomic mass is 16.7. The largest absolute Gasteiger partial charge is 0.508 e. The molecule has 2 aliphatic rings. The Morgan fingerprint density at radius 1 is 0.909 bits per heavy atom.